The number of hydrogen-bond donors (Lipinski definition) is 3. The number of nitrogens with one attached hydrogen (secondary N) is 3. The molecule has 0 radical (unpaired) electrons. The predicted octanol–water partition coefficient (Wildman–Crippen LogP) is 2.66. The fraction of sp³-hybridized carbons (Fsp3) is 0.0870. The molecule has 0 aliphatic heterocycles. The molecule has 34 heavy (non-hydrogen) atoms. The van der Waals surface area contributed by atoms with Gasteiger partial charge in [0.25, 0.3) is 15.6 Å². The molecule has 11 heteroatoms. The number of rotatable bonds is 7. The van der Waals surface area contributed by atoms with Crippen molar-refractivity contribution in [3.8, 4) is 0 Å². The zero-order valence-electron chi connectivity index (χ0n) is 17.6. The van der Waals surface area contributed by atoms with Gasteiger partial charge in [0.15, 0.2) is 0 Å². The Balaban J connectivity index is 1.48. The minimum absolute atomic E-state index is 0.00517. The molecule has 0 aliphatic rings. The first-order valence-electron chi connectivity index (χ1n) is 10.1. The number of para-hydroxylation sites is 2. The molecule has 4 aromatic rings. The molecule has 0 atom stereocenters. The highest BCUT2D eigenvalue weighted by Crippen LogP contribution is 2.21. The van der Waals surface area contributed by atoms with E-state index in [9.17, 15) is 27.2 Å². The number of amides is 1. The number of sulfonamides is 1. The van der Waals surface area contributed by atoms with Crippen molar-refractivity contribution in [1.29, 1.82) is 0 Å². The van der Waals surface area contributed by atoms with E-state index in [0.29, 0.717) is 10.9 Å². The number of aromatic nitrogens is 2. The molecule has 3 N–H and O–H groups in total. The van der Waals surface area contributed by atoms with Gasteiger partial charge in [-0.15, -0.1) is 0 Å². The van der Waals surface area contributed by atoms with Gasteiger partial charge >= 0.3 is 5.69 Å². The summed E-state index contributed by atoms with van der Waals surface area (Å²) < 4.78 is 42.6. The second-order valence-corrected chi connectivity index (χ2v) is 9.02. The van der Waals surface area contributed by atoms with Crippen LogP contribution in [0.25, 0.3) is 10.9 Å². The van der Waals surface area contributed by atoms with E-state index in [-0.39, 0.29) is 29.2 Å². The molecular formula is C23H19FN4O5S. The van der Waals surface area contributed by atoms with Crippen LogP contribution in [0, 0.1) is 5.82 Å². The van der Waals surface area contributed by atoms with Gasteiger partial charge in [0.2, 0.25) is 5.91 Å². The molecule has 0 spiro atoms. The summed E-state index contributed by atoms with van der Waals surface area (Å²) in [7, 11) is -4.10. The molecule has 0 saturated carbocycles. The summed E-state index contributed by atoms with van der Waals surface area (Å²) in [6.07, 6.45) is -0.111. The molecule has 0 bridgehead atoms. The number of anilines is 2. The smallest absolute Gasteiger partial charge is 0.326 e. The predicted molar refractivity (Wildman–Crippen MR) is 126 cm³/mol. The fourth-order valence-corrected chi connectivity index (χ4v) is 4.50. The second-order valence-electron chi connectivity index (χ2n) is 7.34. The Morgan fingerprint density at radius 1 is 0.971 bits per heavy atom. The van der Waals surface area contributed by atoms with Crippen molar-refractivity contribution in [3.05, 3.63) is 99.5 Å². The van der Waals surface area contributed by atoms with Gasteiger partial charge in [-0.25, -0.2) is 17.6 Å². The molecule has 1 amide bonds. The number of benzene rings is 3. The molecule has 0 fully saturated rings. The van der Waals surface area contributed by atoms with Crippen LogP contribution in [0.5, 0.6) is 0 Å². The Morgan fingerprint density at radius 2 is 1.71 bits per heavy atom. The van der Waals surface area contributed by atoms with Crippen LogP contribution in [-0.2, 0) is 21.4 Å². The summed E-state index contributed by atoms with van der Waals surface area (Å²) >= 11 is 0. The number of hydrogen-bond acceptors (Lipinski definition) is 5. The van der Waals surface area contributed by atoms with Crippen LogP contribution in [0.15, 0.2) is 87.3 Å². The number of aryl methyl sites for hydroxylation is 1. The minimum Gasteiger partial charge on any atom is -0.326 e. The topological polar surface area (TPSA) is 130 Å². The third-order valence-corrected chi connectivity index (χ3v) is 6.38. The highest BCUT2D eigenvalue weighted by molar-refractivity contribution is 7.92. The van der Waals surface area contributed by atoms with Crippen LogP contribution in [0.4, 0.5) is 15.8 Å². The van der Waals surface area contributed by atoms with Gasteiger partial charge in [-0.2, -0.15) is 0 Å². The third kappa shape index (κ3) is 4.89. The minimum atomic E-state index is -4.10. The average molecular weight is 482 g/mol. The number of H-pyrrole nitrogens is 1. The Hall–Kier alpha value is -4.25. The lowest BCUT2D eigenvalue weighted by atomic mass is 10.2. The third-order valence-electron chi connectivity index (χ3n) is 5.01. The van der Waals surface area contributed by atoms with Gasteiger partial charge in [0, 0.05) is 18.7 Å². The average Bonchev–Trinajstić information content (AvgIpc) is 2.80. The van der Waals surface area contributed by atoms with Crippen molar-refractivity contribution < 1.29 is 17.6 Å². The zero-order chi connectivity index (χ0) is 24.3. The first-order valence-corrected chi connectivity index (χ1v) is 11.6. The maximum atomic E-state index is 13.8. The van der Waals surface area contributed by atoms with E-state index in [1.165, 1.54) is 47.0 Å². The Bertz CT molecular complexity index is 1610. The quantitative estimate of drug-likeness (QED) is 0.373. The normalized spacial score (nSPS) is 11.3. The highest BCUT2D eigenvalue weighted by atomic mass is 32.2. The van der Waals surface area contributed by atoms with Gasteiger partial charge in [-0.1, -0.05) is 30.3 Å². The van der Waals surface area contributed by atoms with Crippen LogP contribution in [0.2, 0.25) is 0 Å². The lowest BCUT2D eigenvalue weighted by molar-refractivity contribution is -0.116. The number of aromatic amines is 1. The van der Waals surface area contributed by atoms with Gasteiger partial charge < -0.3 is 5.32 Å². The molecule has 3 aromatic carbocycles. The molecule has 174 valence electrons. The number of halogens is 1. The van der Waals surface area contributed by atoms with Gasteiger partial charge in [-0.05, 0) is 42.5 Å². The molecule has 1 aromatic heterocycles. The SMILES string of the molecule is O=C(CCn1c(=O)[nH]c(=O)c2ccccc21)Nc1cccc(S(=O)(=O)Nc2ccccc2F)c1. The molecule has 0 aliphatic carbocycles. The molecule has 0 saturated heterocycles. The lowest BCUT2D eigenvalue weighted by Crippen LogP contribution is -2.31. The summed E-state index contributed by atoms with van der Waals surface area (Å²) in [4.78, 5) is 38.7. The largest absolute Gasteiger partial charge is 0.328 e. The maximum Gasteiger partial charge on any atom is 0.328 e. The van der Waals surface area contributed by atoms with E-state index in [4.69, 9.17) is 0 Å². The maximum absolute atomic E-state index is 13.8. The van der Waals surface area contributed by atoms with E-state index in [1.807, 2.05) is 0 Å². The van der Waals surface area contributed by atoms with Gasteiger partial charge in [-0.3, -0.25) is 23.9 Å². The molecule has 0 unspecified atom stereocenters. The van der Waals surface area contributed by atoms with Crippen molar-refractivity contribution in [2.24, 2.45) is 0 Å². The Kier molecular flexibility index (Phi) is 6.28. The monoisotopic (exact) mass is 482 g/mol. The van der Waals surface area contributed by atoms with Crippen molar-refractivity contribution in [1.82, 2.24) is 9.55 Å². The first kappa shape index (κ1) is 22.9. The molecule has 9 nitrogen and oxygen atoms in total. The van der Waals surface area contributed by atoms with Gasteiger partial charge in [0.1, 0.15) is 5.82 Å². The summed E-state index contributed by atoms with van der Waals surface area (Å²) in [5.74, 6) is -1.20. The Morgan fingerprint density at radius 3 is 2.50 bits per heavy atom. The van der Waals surface area contributed by atoms with Crippen LogP contribution < -0.4 is 21.3 Å². The van der Waals surface area contributed by atoms with Crippen LogP contribution in [0.3, 0.4) is 0 Å². The van der Waals surface area contributed by atoms with E-state index in [0.717, 1.165) is 6.07 Å². The van der Waals surface area contributed by atoms with E-state index >= 15 is 0 Å². The van der Waals surface area contributed by atoms with Crippen molar-refractivity contribution in [2.75, 3.05) is 10.0 Å². The molecule has 4 rings (SSSR count). The lowest BCUT2D eigenvalue weighted by Gasteiger charge is -2.12. The number of carbonyl (C=O) groups excluding carboxylic acids is 1. The van der Waals surface area contributed by atoms with E-state index < -0.39 is 33.0 Å². The van der Waals surface area contributed by atoms with Crippen molar-refractivity contribution in [2.45, 2.75) is 17.9 Å². The molecule has 1 heterocycles. The van der Waals surface area contributed by atoms with Crippen molar-refractivity contribution in [3.63, 3.8) is 0 Å². The van der Waals surface area contributed by atoms with Crippen molar-refractivity contribution >= 4 is 38.2 Å². The summed E-state index contributed by atoms with van der Waals surface area (Å²) in [6.45, 7) is -0.00517. The summed E-state index contributed by atoms with van der Waals surface area (Å²) in [6, 6.07) is 17.4. The number of fused-ring (bicyclic) bond motifs is 1. The summed E-state index contributed by atoms with van der Waals surface area (Å²) in [5.41, 5.74) is -0.737. The summed E-state index contributed by atoms with van der Waals surface area (Å²) in [5, 5.41) is 2.91. The number of nitrogens with zero attached hydrogens (tertiary/aromatic N) is 1. The Labute approximate surface area is 192 Å². The number of carbonyl (C=O) groups is 1. The zero-order valence-corrected chi connectivity index (χ0v) is 18.4. The molecular weight excluding hydrogens is 463 g/mol. The van der Waals surface area contributed by atoms with E-state index in [2.05, 4.69) is 15.0 Å². The highest BCUT2D eigenvalue weighted by Gasteiger charge is 2.17. The fourth-order valence-electron chi connectivity index (χ4n) is 3.39. The van der Waals surface area contributed by atoms with Crippen LogP contribution in [-0.4, -0.2) is 23.9 Å². The standard InChI is InChI=1S/C23H19FN4O5S/c24-18-9-2-3-10-19(18)27-34(32,33)16-7-5-6-15(14-16)25-21(29)12-13-28-20-11-4-1-8-17(20)22(30)26-23(28)31/h1-11,14,27H,12-13H2,(H,25,29)(H,26,30,31). The van der Waals surface area contributed by atoms with Crippen LogP contribution in [0.1, 0.15) is 6.42 Å². The van der Waals surface area contributed by atoms with Crippen LogP contribution >= 0.6 is 0 Å². The second kappa shape index (κ2) is 9.32. The van der Waals surface area contributed by atoms with E-state index in [1.54, 1.807) is 24.3 Å². The van der Waals surface area contributed by atoms with Gasteiger partial charge in [0.05, 0.1) is 21.5 Å². The first-order chi connectivity index (χ1) is 16.2.